The second-order valence-electron chi connectivity index (χ2n) is 5.67. The fraction of sp³-hybridized carbons (Fsp3) is 0.412. The van der Waals surface area contributed by atoms with Crippen LogP contribution < -0.4 is 0 Å². The van der Waals surface area contributed by atoms with Crippen LogP contribution in [-0.2, 0) is 4.79 Å². The van der Waals surface area contributed by atoms with Crippen LogP contribution in [0.1, 0.15) is 24.2 Å². The monoisotopic (exact) mass is 299 g/mol. The van der Waals surface area contributed by atoms with Gasteiger partial charge in [-0.2, -0.15) is 0 Å². The van der Waals surface area contributed by atoms with E-state index in [1.165, 1.54) is 0 Å². The number of nitrogens with zero attached hydrogens (tertiary/aromatic N) is 2. The van der Waals surface area contributed by atoms with Crippen molar-refractivity contribution in [3.8, 4) is 0 Å². The lowest BCUT2D eigenvalue weighted by molar-refractivity contribution is -0.139. The number of likely N-dealkylation sites (tertiary alicyclic amines) is 1. The first-order valence-electron chi connectivity index (χ1n) is 7.79. The average Bonchev–Trinajstić information content (AvgIpc) is 2.90. The van der Waals surface area contributed by atoms with Gasteiger partial charge in [0.25, 0.3) is 5.91 Å². The molecule has 0 aliphatic carbocycles. The number of rotatable bonds is 4. The molecule has 0 atom stereocenters. The van der Waals surface area contributed by atoms with Gasteiger partial charge in [-0.15, -0.1) is 0 Å². The Balaban J connectivity index is 1.68. The Morgan fingerprint density at radius 3 is 2.59 bits per heavy atom. The van der Waals surface area contributed by atoms with Crippen molar-refractivity contribution in [1.82, 2.24) is 14.8 Å². The van der Waals surface area contributed by atoms with Crippen molar-refractivity contribution >= 4 is 22.7 Å². The van der Waals surface area contributed by atoms with Gasteiger partial charge in [0.05, 0.1) is 11.5 Å². The Bertz CT molecular complexity index is 697. The minimum Gasteiger partial charge on any atom is -0.360 e. The Morgan fingerprint density at radius 2 is 1.91 bits per heavy atom. The molecule has 1 aromatic carbocycles. The van der Waals surface area contributed by atoms with Gasteiger partial charge >= 0.3 is 0 Å². The van der Waals surface area contributed by atoms with E-state index in [1.807, 2.05) is 43.0 Å². The van der Waals surface area contributed by atoms with Gasteiger partial charge in [-0.3, -0.25) is 9.59 Å². The summed E-state index contributed by atoms with van der Waals surface area (Å²) >= 11 is 0. The number of hydrogen-bond acceptors (Lipinski definition) is 2. The Morgan fingerprint density at radius 1 is 1.23 bits per heavy atom. The van der Waals surface area contributed by atoms with Crippen LogP contribution in [0.5, 0.6) is 0 Å². The maximum absolute atomic E-state index is 12.6. The van der Waals surface area contributed by atoms with Gasteiger partial charge in [0.2, 0.25) is 5.91 Å². The largest absolute Gasteiger partial charge is 0.360 e. The number of benzene rings is 1. The fourth-order valence-corrected chi connectivity index (χ4v) is 3.01. The van der Waals surface area contributed by atoms with Gasteiger partial charge in [-0.1, -0.05) is 18.2 Å². The van der Waals surface area contributed by atoms with E-state index < -0.39 is 0 Å². The summed E-state index contributed by atoms with van der Waals surface area (Å²) in [5.41, 5.74) is 1.64. The highest BCUT2D eigenvalue weighted by atomic mass is 16.2. The SMILES string of the molecule is CCN(CC)C(=O)C1CN(C(=O)c2c[nH]c3ccccc23)C1. The van der Waals surface area contributed by atoms with Crippen LogP contribution in [0.4, 0.5) is 0 Å². The normalized spacial score (nSPS) is 14.9. The molecule has 1 aliphatic heterocycles. The van der Waals surface area contributed by atoms with Crippen LogP contribution in [0.2, 0.25) is 0 Å². The molecule has 2 aromatic rings. The smallest absolute Gasteiger partial charge is 0.256 e. The van der Waals surface area contributed by atoms with E-state index in [0.29, 0.717) is 18.7 Å². The first-order chi connectivity index (χ1) is 10.7. The highest BCUT2D eigenvalue weighted by Crippen LogP contribution is 2.24. The third kappa shape index (κ3) is 2.36. The van der Waals surface area contributed by atoms with Crippen LogP contribution in [0, 0.1) is 5.92 Å². The number of H-pyrrole nitrogens is 1. The molecule has 2 amide bonds. The molecule has 1 aromatic heterocycles. The zero-order valence-corrected chi connectivity index (χ0v) is 13.0. The average molecular weight is 299 g/mol. The number of fused-ring (bicyclic) bond motifs is 1. The van der Waals surface area contributed by atoms with Crippen LogP contribution in [-0.4, -0.2) is 52.8 Å². The van der Waals surface area contributed by atoms with Gasteiger partial charge in [0.15, 0.2) is 0 Å². The second kappa shape index (κ2) is 5.83. The van der Waals surface area contributed by atoms with Crippen molar-refractivity contribution in [2.45, 2.75) is 13.8 Å². The molecule has 5 heteroatoms. The lowest BCUT2D eigenvalue weighted by Crippen LogP contribution is -2.56. The first-order valence-corrected chi connectivity index (χ1v) is 7.79. The fourth-order valence-electron chi connectivity index (χ4n) is 3.01. The van der Waals surface area contributed by atoms with Gasteiger partial charge in [-0.05, 0) is 19.9 Å². The van der Waals surface area contributed by atoms with Crippen molar-refractivity contribution in [2.24, 2.45) is 5.92 Å². The molecule has 2 heterocycles. The molecule has 0 unspecified atom stereocenters. The van der Waals surface area contributed by atoms with Crippen LogP contribution in [0.25, 0.3) is 10.9 Å². The Labute approximate surface area is 129 Å². The minimum atomic E-state index is -0.0472. The second-order valence-corrected chi connectivity index (χ2v) is 5.67. The number of aromatic amines is 1. The van der Waals surface area contributed by atoms with Gasteiger partial charge in [-0.25, -0.2) is 0 Å². The number of amides is 2. The minimum absolute atomic E-state index is 0.000969. The maximum atomic E-state index is 12.6. The van der Waals surface area contributed by atoms with Crippen molar-refractivity contribution in [3.05, 3.63) is 36.0 Å². The number of aromatic nitrogens is 1. The van der Waals surface area contributed by atoms with Crippen LogP contribution >= 0.6 is 0 Å². The number of carbonyl (C=O) groups is 2. The predicted octanol–water partition coefficient (Wildman–Crippen LogP) is 2.11. The summed E-state index contributed by atoms with van der Waals surface area (Å²) in [6, 6.07) is 7.76. The molecule has 0 radical (unpaired) electrons. The summed E-state index contributed by atoms with van der Waals surface area (Å²) in [5, 5.41) is 0.936. The molecule has 1 aliphatic rings. The standard InChI is InChI=1S/C17H21N3O2/c1-3-19(4-2)16(21)12-10-20(11-12)17(22)14-9-18-15-8-6-5-7-13(14)15/h5-9,12,18H,3-4,10-11H2,1-2H3. The lowest BCUT2D eigenvalue weighted by atomic mass is 9.97. The molecule has 1 fully saturated rings. The summed E-state index contributed by atoms with van der Waals surface area (Å²) in [6.45, 7) is 6.45. The molecular weight excluding hydrogens is 278 g/mol. The summed E-state index contributed by atoms with van der Waals surface area (Å²) < 4.78 is 0. The number of para-hydroxylation sites is 1. The first kappa shape index (κ1) is 14.6. The number of nitrogens with one attached hydrogen (secondary N) is 1. The third-order valence-electron chi connectivity index (χ3n) is 4.41. The van der Waals surface area contributed by atoms with Crippen LogP contribution in [0.3, 0.4) is 0 Å². The van der Waals surface area contributed by atoms with Crippen molar-refractivity contribution in [3.63, 3.8) is 0 Å². The van der Waals surface area contributed by atoms with E-state index in [2.05, 4.69) is 4.98 Å². The molecule has 0 spiro atoms. The van der Waals surface area contributed by atoms with E-state index in [0.717, 1.165) is 24.0 Å². The molecule has 1 saturated heterocycles. The summed E-state index contributed by atoms with van der Waals surface area (Å²) in [6.07, 6.45) is 1.76. The summed E-state index contributed by atoms with van der Waals surface area (Å²) in [7, 11) is 0. The zero-order chi connectivity index (χ0) is 15.7. The number of carbonyl (C=O) groups excluding carboxylic acids is 2. The summed E-state index contributed by atoms with van der Waals surface area (Å²) in [5.74, 6) is 0.114. The van der Waals surface area contributed by atoms with E-state index in [1.54, 1.807) is 11.1 Å². The highest BCUT2D eigenvalue weighted by molar-refractivity contribution is 6.07. The van der Waals surface area contributed by atoms with Crippen LogP contribution in [0.15, 0.2) is 30.5 Å². The quantitative estimate of drug-likeness (QED) is 0.940. The van der Waals surface area contributed by atoms with Gasteiger partial charge in [0, 0.05) is 43.3 Å². The van der Waals surface area contributed by atoms with Gasteiger partial charge in [0.1, 0.15) is 0 Å². The Hall–Kier alpha value is -2.30. The molecule has 22 heavy (non-hydrogen) atoms. The molecule has 0 saturated carbocycles. The van der Waals surface area contributed by atoms with Gasteiger partial charge < -0.3 is 14.8 Å². The molecule has 1 N–H and O–H groups in total. The Kier molecular flexibility index (Phi) is 3.88. The molecule has 5 nitrogen and oxygen atoms in total. The highest BCUT2D eigenvalue weighted by Gasteiger charge is 2.38. The van der Waals surface area contributed by atoms with E-state index >= 15 is 0 Å². The van der Waals surface area contributed by atoms with Crippen molar-refractivity contribution in [1.29, 1.82) is 0 Å². The molecule has 3 rings (SSSR count). The van der Waals surface area contributed by atoms with Crippen molar-refractivity contribution in [2.75, 3.05) is 26.2 Å². The third-order valence-corrected chi connectivity index (χ3v) is 4.41. The topological polar surface area (TPSA) is 56.4 Å². The van der Waals surface area contributed by atoms with E-state index in [-0.39, 0.29) is 17.7 Å². The predicted molar refractivity (Wildman–Crippen MR) is 85.6 cm³/mol. The molecule has 0 bridgehead atoms. The zero-order valence-electron chi connectivity index (χ0n) is 13.0. The van der Waals surface area contributed by atoms with E-state index in [4.69, 9.17) is 0 Å². The lowest BCUT2D eigenvalue weighted by Gasteiger charge is -2.40. The summed E-state index contributed by atoms with van der Waals surface area (Å²) in [4.78, 5) is 31.5. The van der Waals surface area contributed by atoms with Crippen molar-refractivity contribution < 1.29 is 9.59 Å². The number of hydrogen-bond donors (Lipinski definition) is 1. The van der Waals surface area contributed by atoms with E-state index in [9.17, 15) is 9.59 Å². The molecule has 116 valence electrons. The molecular formula is C17H21N3O2. The maximum Gasteiger partial charge on any atom is 0.256 e.